The first-order chi connectivity index (χ1) is 12.1. The molecule has 128 valence electrons. The Hall–Kier alpha value is -1.85. The van der Waals surface area contributed by atoms with Gasteiger partial charge in [0.25, 0.3) is 0 Å². The van der Waals surface area contributed by atoms with Crippen molar-refractivity contribution in [2.24, 2.45) is 11.7 Å². The fourth-order valence-corrected chi connectivity index (χ4v) is 2.87. The van der Waals surface area contributed by atoms with Gasteiger partial charge in [0.2, 0.25) is 0 Å². The van der Waals surface area contributed by atoms with Crippen molar-refractivity contribution in [2.75, 3.05) is 6.50 Å². The second-order valence-electron chi connectivity index (χ2n) is 6.61. The third-order valence-corrected chi connectivity index (χ3v) is 4.50. The predicted octanol–water partition coefficient (Wildman–Crippen LogP) is 3.71. The summed E-state index contributed by atoms with van der Waals surface area (Å²) in [6.07, 6.45) is 1.24. The number of hydrogen-bond donors (Lipinski definition) is 2. The van der Waals surface area contributed by atoms with Crippen LogP contribution in [0.3, 0.4) is 0 Å². The van der Waals surface area contributed by atoms with E-state index in [9.17, 15) is 9.50 Å². The van der Waals surface area contributed by atoms with Crippen LogP contribution < -0.4 is 5.73 Å². The lowest BCUT2D eigenvalue weighted by Crippen LogP contribution is -2.38. The average molecular weight is 334 g/mol. The lowest BCUT2D eigenvalue weighted by molar-refractivity contribution is 0.0178. The number of halogens is 2. The maximum absolute atomic E-state index is 15.0. The molecule has 1 unspecified atom stereocenters. The highest BCUT2D eigenvalue weighted by molar-refractivity contribution is 5.61. The van der Waals surface area contributed by atoms with Crippen LogP contribution in [0.15, 0.2) is 30.3 Å². The molecular formula is C19H22F2N2O. The molecule has 1 saturated carbocycles. The summed E-state index contributed by atoms with van der Waals surface area (Å²) < 4.78 is 44.1. The molecule has 5 heteroatoms. The van der Waals surface area contributed by atoms with Crippen molar-refractivity contribution >= 4 is 0 Å². The molecule has 3 N–H and O–H groups in total. The second-order valence-corrected chi connectivity index (χ2v) is 6.61. The van der Waals surface area contributed by atoms with E-state index in [1.54, 1.807) is 13.8 Å². The number of hydrogen-bond acceptors (Lipinski definition) is 3. The first kappa shape index (κ1) is 14.5. The Morgan fingerprint density at radius 3 is 2.46 bits per heavy atom. The van der Waals surface area contributed by atoms with Crippen LogP contribution in [0.5, 0.6) is 0 Å². The minimum absolute atomic E-state index is 0.0110. The zero-order valence-electron chi connectivity index (χ0n) is 15.7. The lowest BCUT2D eigenvalue weighted by atomic mass is 9.89. The quantitative estimate of drug-likeness (QED) is 0.876. The Kier molecular flexibility index (Phi) is 3.76. The minimum atomic E-state index is -2.44. The van der Waals surface area contributed by atoms with Crippen LogP contribution in [0, 0.1) is 17.6 Å². The molecule has 3 rings (SSSR count). The van der Waals surface area contributed by atoms with Gasteiger partial charge in [-0.05, 0) is 60.6 Å². The first-order valence-electron chi connectivity index (χ1n) is 9.03. The largest absolute Gasteiger partial charge is 0.382 e. The van der Waals surface area contributed by atoms with Crippen molar-refractivity contribution in [2.45, 2.75) is 38.2 Å². The second kappa shape index (κ2) is 6.22. The van der Waals surface area contributed by atoms with Crippen LogP contribution >= 0.6 is 0 Å². The van der Waals surface area contributed by atoms with Crippen LogP contribution in [0.4, 0.5) is 8.78 Å². The Balaban J connectivity index is 2.25. The summed E-state index contributed by atoms with van der Waals surface area (Å²) in [4.78, 5) is 4.25. The molecule has 3 nitrogen and oxygen atoms in total. The van der Waals surface area contributed by atoms with Crippen LogP contribution in [-0.4, -0.2) is 16.6 Å². The molecule has 1 aromatic carbocycles. The van der Waals surface area contributed by atoms with Crippen LogP contribution in [0.2, 0.25) is 0 Å². The zero-order valence-corrected chi connectivity index (χ0v) is 13.7. The van der Waals surface area contributed by atoms with Gasteiger partial charge in [-0.3, -0.25) is 0 Å². The summed E-state index contributed by atoms with van der Waals surface area (Å²) in [6.45, 7) is 1.15. The summed E-state index contributed by atoms with van der Waals surface area (Å²) in [5.41, 5.74) is 4.26. The van der Waals surface area contributed by atoms with Gasteiger partial charge in [0.1, 0.15) is 17.1 Å². The normalized spacial score (nSPS) is 19.0. The zero-order chi connectivity index (χ0) is 19.3. The summed E-state index contributed by atoms with van der Waals surface area (Å²) in [7, 11) is 0. The fourth-order valence-electron chi connectivity index (χ4n) is 2.87. The van der Waals surface area contributed by atoms with E-state index in [0.29, 0.717) is 24.0 Å². The highest BCUT2D eigenvalue weighted by Crippen LogP contribution is 2.45. The van der Waals surface area contributed by atoms with Gasteiger partial charge < -0.3 is 10.8 Å². The molecule has 0 spiro atoms. The van der Waals surface area contributed by atoms with Gasteiger partial charge >= 0.3 is 0 Å². The number of aromatic nitrogens is 1. The van der Waals surface area contributed by atoms with Crippen LogP contribution in [0.1, 0.15) is 46.6 Å². The van der Waals surface area contributed by atoms with E-state index in [2.05, 4.69) is 4.98 Å². The molecule has 1 heterocycles. The molecule has 24 heavy (non-hydrogen) atoms. The third kappa shape index (κ3) is 2.94. The fraction of sp³-hybridized carbons (Fsp3) is 0.421. The maximum atomic E-state index is 15.0. The number of benzene rings is 1. The summed E-state index contributed by atoms with van der Waals surface area (Å²) in [6, 6.07) is 6.61. The predicted molar refractivity (Wildman–Crippen MR) is 89.4 cm³/mol. The van der Waals surface area contributed by atoms with E-state index in [0.717, 1.165) is 0 Å². The number of nitrogens with two attached hydrogens (primary N) is 1. The molecule has 2 aromatic rings. The van der Waals surface area contributed by atoms with E-state index < -0.39 is 23.7 Å². The van der Waals surface area contributed by atoms with Crippen molar-refractivity contribution in [3.8, 4) is 11.3 Å². The van der Waals surface area contributed by atoms with Gasteiger partial charge in [-0.25, -0.2) is 13.8 Å². The van der Waals surface area contributed by atoms with Crippen molar-refractivity contribution in [3.63, 3.8) is 0 Å². The number of rotatable bonds is 5. The molecule has 1 fully saturated rings. The summed E-state index contributed by atoms with van der Waals surface area (Å²) in [5, 5.41) is 11.1. The smallest absolute Gasteiger partial charge is 0.152 e. The SMILES string of the molecule is [2H]C([2H])(N)C(O)(c1cc(C(C)C)c(F)c(-c2ccc(F)cc2)n1)C1CC1. The van der Waals surface area contributed by atoms with Gasteiger partial charge in [-0.15, -0.1) is 0 Å². The molecule has 1 atom stereocenters. The molecule has 0 aliphatic heterocycles. The van der Waals surface area contributed by atoms with Gasteiger partial charge in [-0.2, -0.15) is 0 Å². The average Bonchev–Trinajstić information content (AvgIpc) is 3.39. The highest BCUT2D eigenvalue weighted by Gasteiger charge is 2.45. The van der Waals surface area contributed by atoms with Crippen molar-refractivity contribution in [1.29, 1.82) is 0 Å². The summed E-state index contributed by atoms with van der Waals surface area (Å²) >= 11 is 0. The van der Waals surface area contributed by atoms with Crippen molar-refractivity contribution in [3.05, 3.63) is 53.2 Å². The molecular weight excluding hydrogens is 310 g/mol. The van der Waals surface area contributed by atoms with Gasteiger partial charge in [0, 0.05) is 14.8 Å². The molecule has 0 amide bonds. The lowest BCUT2D eigenvalue weighted by Gasteiger charge is -2.27. The molecule has 0 bridgehead atoms. The Bertz CT molecular complexity index is 818. The van der Waals surface area contributed by atoms with E-state index in [4.69, 9.17) is 8.48 Å². The molecule has 1 aliphatic rings. The molecule has 0 saturated heterocycles. The Morgan fingerprint density at radius 1 is 1.33 bits per heavy atom. The van der Waals surface area contributed by atoms with E-state index >= 15 is 4.39 Å². The van der Waals surface area contributed by atoms with Crippen LogP contribution in [0.25, 0.3) is 11.3 Å². The Labute approximate surface area is 143 Å². The molecule has 1 aliphatic carbocycles. The number of nitrogens with zero attached hydrogens (tertiary/aromatic N) is 1. The number of pyridine rings is 1. The molecule has 0 radical (unpaired) electrons. The van der Waals surface area contributed by atoms with E-state index in [1.807, 2.05) is 0 Å². The first-order valence-corrected chi connectivity index (χ1v) is 8.03. The topological polar surface area (TPSA) is 59.1 Å². The van der Waals surface area contributed by atoms with E-state index in [-0.39, 0.29) is 23.2 Å². The maximum Gasteiger partial charge on any atom is 0.152 e. The van der Waals surface area contributed by atoms with Crippen LogP contribution in [-0.2, 0) is 5.60 Å². The van der Waals surface area contributed by atoms with Crippen molar-refractivity contribution in [1.82, 2.24) is 4.98 Å². The number of aliphatic hydroxyl groups is 1. The van der Waals surface area contributed by atoms with Gasteiger partial charge in [-0.1, -0.05) is 13.8 Å². The van der Waals surface area contributed by atoms with E-state index in [1.165, 1.54) is 30.3 Å². The third-order valence-electron chi connectivity index (χ3n) is 4.50. The van der Waals surface area contributed by atoms with Gasteiger partial charge in [0.05, 0.1) is 5.69 Å². The van der Waals surface area contributed by atoms with Crippen molar-refractivity contribution < 1.29 is 16.6 Å². The Morgan fingerprint density at radius 2 is 1.96 bits per heavy atom. The standard InChI is InChI=1S/C19H22F2N2O/c1-11(2)15-9-16(19(24,10-22)13-5-6-13)23-18(17(15)21)12-3-7-14(20)8-4-12/h3-4,7-9,11,13,24H,5-6,10,22H2,1-2H3/i10D2. The summed E-state index contributed by atoms with van der Waals surface area (Å²) in [5.74, 6) is -1.61. The highest BCUT2D eigenvalue weighted by atomic mass is 19.1. The monoisotopic (exact) mass is 334 g/mol. The minimum Gasteiger partial charge on any atom is -0.382 e. The van der Waals surface area contributed by atoms with Gasteiger partial charge in [0.15, 0.2) is 5.82 Å². The molecule has 1 aromatic heterocycles.